The fraction of sp³-hybridized carbons (Fsp3) is 0.619. The molecule has 0 N–H and O–H groups in total. The van der Waals surface area contributed by atoms with Crippen molar-refractivity contribution in [2.45, 2.75) is 57.8 Å². The van der Waals surface area contributed by atoms with Gasteiger partial charge >= 0.3 is 11.9 Å². The van der Waals surface area contributed by atoms with E-state index >= 15 is 0 Å². The molecule has 0 heterocycles. The van der Waals surface area contributed by atoms with Gasteiger partial charge in [0.1, 0.15) is 5.75 Å². The molecule has 2 aliphatic rings. The number of hydrogen-bond donors (Lipinski definition) is 0. The summed E-state index contributed by atoms with van der Waals surface area (Å²) < 4.78 is 10.7. The summed E-state index contributed by atoms with van der Waals surface area (Å²) in [5.74, 6) is 0.498. The van der Waals surface area contributed by atoms with Crippen LogP contribution in [0, 0.1) is 11.3 Å². The van der Waals surface area contributed by atoms with Gasteiger partial charge in [-0.3, -0.25) is 9.59 Å². The Labute approximate surface area is 163 Å². The van der Waals surface area contributed by atoms with Crippen LogP contribution in [0.15, 0.2) is 18.2 Å². The van der Waals surface area contributed by atoms with Crippen molar-refractivity contribution in [1.29, 1.82) is 0 Å². The zero-order chi connectivity index (χ0) is 18.9. The molecule has 0 bridgehead atoms. The molecule has 0 radical (unpaired) electrons. The van der Waals surface area contributed by atoms with Crippen molar-refractivity contribution in [3.63, 3.8) is 0 Å². The predicted octanol–water partition coefficient (Wildman–Crippen LogP) is 4.56. The highest BCUT2D eigenvalue weighted by atomic mass is 79.9. The monoisotopic (exact) mass is 422 g/mol. The molecule has 1 saturated carbocycles. The number of ether oxygens (including phenoxy) is 2. The number of halogens is 1. The molecule has 3 rings (SSSR count). The first-order chi connectivity index (χ1) is 12.3. The highest BCUT2D eigenvalue weighted by Gasteiger charge is 2.55. The van der Waals surface area contributed by atoms with Crippen LogP contribution in [0.25, 0.3) is 0 Å². The van der Waals surface area contributed by atoms with Crippen LogP contribution in [0.1, 0.15) is 57.1 Å². The van der Waals surface area contributed by atoms with E-state index in [4.69, 9.17) is 9.47 Å². The Hall–Kier alpha value is -1.36. The molecular formula is C21H27BrO4. The number of hydrogen-bond acceptors (Lipinski definition) is 4. The van der Waals surface area contributed by atoms with Crippen LogP contribution in [0.4, 0.5) is 0 Å². The minimum absolute atomic E-state index is 0.100. The molecule has 0 spiro atoms. The molecule has 3 atom stereocenters. The second kappa shape index (κ2) is 7.34. The van der Waals surface area contributed by atoms with E-state index in [1.807, 2.05) is 12.1 Å². The molecule has 4 nitrogen and oxygen atoms in total. The highest BCUT2D eigenvalue weighted by molar-refractivity contribution is 9.09. The molecule has 1 aromatic carbocycles. The Balaban J connectivity index is 1.98. The quantitative estimate of drug-likeness (QED) is 0.405. The van der Waals surface area contributed by atoms with Crippen LogP contribution in [0.3, 0.4) is 0 Å². The highest BCUT2D eigenvalue weighted by Crippen LogP contribution is 2.57. The molecule has 0 unspecified atom stereocenters. The van der Waals surface area contributed by atoms with E-state index in [1.54, 1.807) is 0 Å². The molecule has 1 fully saturated rings. The summed E-state index contributed by atoms with van der Waals surface area (Å²) in [5.41, 5.74) is 1.97. The van der Waals surface area contributed by atoms with Crippen molar-refractivity contribution in [3.05, 3.63) is 29.3 Å². The summed E-state index contributed by atoms with van der Waals surface area (Å²) in [6, 6.07) is 5.99. The fourth-order valence-corrected chi connectivity index (χ4v) is 5.56. The number of methoxy groups -OCH3 is 1. The number of benzene rings is 1. The van der Waals surface area contributed by atoms with Crippen molar-refractivity contribution in [3.8, 4) is 5.75 Å². The van der Waals surface area contributed by atoms with Gasteiger partial charge in [-0.25, -0.2) is 0 Å². The van der Waals surface area contributed by atoms with Crippen LogP contribution >= 0.6 is 15.9 Å². The van der Waals surface area contributed by atoms with E-state index in [0.717, 1.165) is 32.1 Å². The number of aryl methyl sites for hydroxylation is 1. The first kappa shape index (κ1) is 19.4. The molecule has 2 aliphatic carbocycles. The third-order valence-corrected chi connectivity index (χ3v) is 6.91. The van der Waals surface area contributed by atoms with Gasteiger partial charge in [0.2, 0.25) is 0 Å². The Bertz CT molecular complexity index is 716. The second-order valence-corrected chi connectivity index (χ2v) is 8.80. The molecule has 142 valence electrons. The van der Waals surface area contributed by atoms with Gasteiger partial charge in [0, 0.05) is 5.33 Å². The van der Waals surface area contributed by atoms with Crippen molar-refractivity contribution >= 4 is 27.9 Å². The first-order valence-electron chi connectivity index (χ1n) is 9.33. The van der Waals surface area contributed by atoms with Gasteiger partial charge in [0.25, 0.3) is 0 Å². The lowest BCUT2D eigenvalue weighted by atomic mass is 9.50. The summed E-state index contributed by atoms with van der Waals surface area (Å²) in [4.78, 5) is 24.4. The standard InChI is InChI=1S/C21H27BrO4/c1-20-10-4-11-21(2,19(24)25-3)17(20)8-6-14-5-7-15(13-16(14)20)26-18(23)9-12-22/h5,7,13,17H,4,6,8-12H2,1-3H3/t17-,20-,21+/m1/s1. The zero-order valence-electron chi connectivity index (χ0n) is 15.8. The van der Waals surface area contributed by atoms with Gasteiger partial charge in [-0.2, -0.15) is 0 Å². The maximum absolute atomic E-state index is 12.6. The summed E-state index contributed by atoms with van der Waals surface area (Å²) in [6.07, 6.45) is 5.17. The minimum Gasteiger partial charge on any atom is -0.469 e. The zero-order valence-corrected chi connectivity index (χ0v) is 17.4. The average molecular weight is 423 g/mol. The van der Waals surface area contributed by atoms with Gasteiger partial charge < -0.3 is 9.47 Å². The predicted molar refractivity (Wildman–Crippen MR) is 104 cm³/mol. The van der Waals surface area contributed by atoms with Crippen molar-refractivity contribution < 1.29 is 19.1 Å². The topological polar surface area (TPSA) is 52.6 Å². The fourth-order valence-electron chi connectivity index (χ4n) is 5.24. The summed E-state index contributed by atoms with van der Waals surface area (Å²) in [7, 11) is 1.48. The van der Waals surface area contributed by atoms with Crippen molar-refractivity contribution in [1.82, 2.24) is 0 Å². The third-order valence-electron chi connectivity index (χ3n) is 6.51. The lowest BCUT2D eigenvalue weighted by molar-refractivity contribution is -0.161. The summed E-state index contributed by atoms with van der Waals surface area (Å²) >= 11 is 3.27. The van der Waals surface area contributed by atoms with E-state index in [2.05, 4.69) is 35.8 Å². The minimum atomic E-state index is -0.456. The van der Waals surface area contributed by atoms with Crippen LogP contribution in [0.5, 0.6) is 5.75 Å². The van der Waals surface area contributed by atoms with E-state index in [1.165, 1.54) is 18.2 Å². The maximum atomic E-state index is 12.6. The number of fused-ring (bicyclic) bond motifs is 3. The van der Waals surface area contributed by atoms with Gasteiger partial charge in [0.15, 0.2) is 0 Å². The second-order valence-electron chi connectivity index (χ2n) is 8.00. The molecule has 0 aliphatic heterocycles. The molecule has 1 aromatic rings. The van der Waals surface area contributed by atoms with Crippen molar-refractivity contribution in [2.24, 2.45) is 11.3 Å². The molecule has 0 saturated heterocycles. The summed E-state index contributed by atoms with van der Waals surface area (Å²) in [5, 5.41) is 0.591. The first-order valence-corrected chi connectivity index (χ1v) is 10.5. The SMILES string of the molecule is COC(=O)[C@@]1(C)CCC[C@]2(C)c3cc(OC(=O)CCBr)ccc3CC[C@@H]12. The molecule has 0 amide bonds. The normalized spacial score (nSPS) is 30.1. The third kappa shape index (κ3) is 3.19. The van der Waals surface area contributed by atoms with Crippen LogP contribution in [0.2, 0.25) is 0 Å². The van der Waals surface area contributed by atoms with Crippen LogP contribution in [-0.2, 0) is 26.2 Å². The smallest absolute Gasteiger partial charge is 0.312 e. The van der Waals surface area contributed by atoms with Crippen molar-refractivity contribution in [2.75, 3.05) is 12.4 Å². The van der Waals surface area contributed by atoms with Crippen LogP contribution < -0.4 is 4.74 Å². The number of alkyl halides is 1. The Morgan fingerprint density at radius 3 is 2.73 bits per heavy atom. The Kier molecular flexibility index (Phi) is 5.48. The van der Waals surface area contributed by atoms with E-state index in [-0.39, 0.29) is 23.3 Å². The van der Waals surface area contributed by atoms with Gasteiger partial charge in [-0.15, -0.1) is 0 Å². The van der Waals surface area contributed by atoms with E-state index in [0.29, 0.717) is 17.5 Å². The molecule has 0 aromatic heterocycles. The molecule has 26 heavy (non-hydrogen) atoms. The van der Waals surface area contributed by atoms with Crippen LogP contribution in [-0.4, -0.2) is 24.4 Å². The number of esters is 2. The number of carbonyl (C=O) groups excluding carboxylic acids is 2. The lowest BCUT2D eigenvalue weighted by Crippen LogP contribution is -2.52. The van der Waals surface area contributed by atoms with Gasteiger partial charge in [0.05, 0.1) is 18.9 Å². The van der Waals surface area contributed by atoms with E-state index in [9.17, 15) is 9.59 Å². The van der Waals surface area contributed by atoms with E-state index < -0.39 is 5.41 Å². The Morgan fingerprint density at radius 2 is 2.04 bits per heavy atom. The largest absolute Gasteiger partial charge is 0.469 e. The number of rotatable bonds is 4. The van der Waals surface area contributed by atoms with Gasteiger partial charge in [-0.05, 0) is 67.2 Å². The Morgan fingerprint density at radius 1 is 1.27 bits per heavy atom. The molecule has 5 heteroatoms. The van der Waals surface area contributed by atoms with Gasteiger partial charge in [-0.1, -0.05) is 35.3 Å². The summed E-state index contributed by atoms with van der Waals surface area (Å²) in [6.45, 7) is 4.33. The number of carbonyl (C=O) groups is 2. The molecular weight excluding hydrogens is 396 g/mol. The maximum Gasteiger partial charge on any atom is 0.312 e. The lowest BCUT2D eigenvalue weighted by Gasteiger charge is -2.54. The average Bonchev–Trinajstić information content (AvgIpc) is 2.61.